The quantitative estimate of drug-likeness (QED) is 0.704. The molecule has 0 saturated carbocycles. The van der Waals surface area contributed by atoms with Gasteiger partial charge >= 0.3 is 6.18 Å². The number of aromatic nitrogens is 4. The first-order valence-corrected chi connectivity index (χ1v) is 9.63. The molecular weight excluding hydrogens is 397 g/mol. The van der Waals surface area contributed by atoms with Crippen LogP contribution in [0.4, 0.5) is 19.0 Å². The molecule has 0 spiro atoms. The van der Waals surface area contributed by atoms with Crippen molar-refractivity contribution in [2.45, 2.75) is 19.0 Å². The number of hydrogen-bond donors (Lipinski definition) is 1. The van der Waals surface area contributed by atoms with Gasteiger partial charge in [0.15, 0.2) is 0 Å². The van der Waals surface area contributed by atoms with Crippen LogP contribution in [0.3, 0.4) is 0 Å². The van der Waals surface area contributed by atoms with Crippen molar-refractivity contribution < 1.29 is 18.0 Å². The summed E-state index contributed by atoms with van der Waals surface area (Å²) in [5, 5.41) is 12.6. The number of pyridine rings is 1. The van der Waals surface area contributed by atoms with E-state index in [0.29, 0.717) is 5.82 Å². The fraction of sp³-hybridized carbons (Fsp3) is 0.400. The highest BCUT2D eigenvalue weighted by Crippen LogP contribution is 2.34. The Morgan fingerprint density at radius 2 is 1.97 bits per heavy atom. The van der Waals surface area contributed by atoms with E-state index in [1.807, 2.05) is 24.4 Å². The van der Waals surface area contributed by atoms with Gasteiger partial charge in [0.1, 0.15) is 11.5 Å². The molecule has 7 nitrogen and oxygen atoms in total. The van der Waals surface area contributed by atoms with Crippen molar-refractivity contribution in [3.8, 4) is 11.3 Å². The molecular formula is C20H21F3N6O. The third-order valence-electron chi connectivity index (χ3n) is 5.31. The van der Waals surface area contributed by atoms with Crippen LogP contribution in [0.25, 0.3) is 22.0 Å². The fourth-order valence-electron chi connectivity index (χ4n) is 3.65. The number of likely N-dealkylation sites (tertiary alicyclic amines) is 1. The van der Waals surface area contributed by atoms with Crippen molar-refractivity contribution >= 4 is 22.5 Å². The molecule has 1 saturated heterocycles. The van der Waals surface area contributed by atoms with Crippen LogP contribution in [0.1, 0.15) is 12.8 Å². The van der Waals surface area contributed by atoms with Gasteiger partial charge in [0.2, 0.25) is 5.91 Å². The molecule has 30 heavy (non-hydrogen) atoms. The number of benzene rings is 1. The Morgan fingerprint density at radius 3 is 2.63 bits per heavy atom. The summed E-state index contributed by atoms with van der Waals surface area (Å²) in [6.45, 7) is 0.554. The Morgan fingerprint density at radius 1 is 1.20 bits per heavy atom. The second kappa shape index (κ2) is 8.02. The fourth-order valence-corrected chi connectivity index (χ4v) is 3.65. The topological polar surface area (TPSA) is 75.9 Å². The predicted molar refractivity (Wildman–Crippen MR) is 106 cm³/mol. The number of fused-ring (bicyclic) bond motifs is 1. The number of nitrogens with one attached hydrogen (secondary N) is 1. The molecule has 2 aromatic heterocycles. The van der Waals surface area contributed by atoms with E-state index in [1.54, 1.807) is 28.9 Å². The van der Waals surface area contributed by atoms with E-state index in [2.05, 4.69) is 20.6 Å². The predicted octanol–water partition coefficient (Wildman–Crippen LogP) is 3.24. The minimum absolute atomic E-state index is 0.0240. The van der Waals surface area contributed by atoms with E-state index in [-0.39, 0.29) is 38.4 Å². The summed E-state index contributed by atoms with van der Waals surface area (Å²) in [6, 6.07) is 7.56. The minimum atomic E-state index is -4.16. The normalized spacial score (nSPS) is 16.1. The van der Waals surface area contributed by atoms with E-state index < -0.39 is 12.1 Å². The lowest BCUT2D eigenvalue weighted by atomic mass is 9.96. The maximum atomic E-state index is 12.8. The number of aryl methyl sites for hydroxylation is 1. The monoisotopic (exact) mass is 418 g/mol. The lowest BCUT2D eigenvalue weighted by molar-refractivity contribution is -0.184. The molecule has 1 aliphatic heterocycles. The van der Waals surface area contributed by atoms with Crippen LogP contribution in [-0.2, 0) is 11.8 Å². The van der Waals surface area contributed by atoms with E-state index in [1.165, 1.54) is 0 Å². The minimum Gasteiger partial charge on any atom is -0.310 e. The standard InChI is InChI=1S/C20H21F3N6O/c1-28-11-17(26-27-28)13-2-3-14-10-24-18(9-15(14)8-13)25-19(30)12-29-6-4-16(5-7-29)20(21,22)23/h2-3,8-11,16H,4-7,12H2,1H3,(H,24,25,30). The van der Waals surface area contributed by atoms with Crippen LogP contribution < -0.4 is 5.32 Å². The average molecular weight is 418 g/mol. The van der Waals surface area contributed by atoms with Gasteiger partial charge in [-0.1, -0.05) is 17.3 Å². The Labute approximate surface area is 170 Å². The molecule has 1 fully saturated rings. The first-order valence-electron chi connectivity index (χ1n) is 9.63. The van der Waals surface area contributed by atoms with Crippen LogP contribution in [0.5, 0.6) is 0 Å². The highest BCUT2D eigenvalue weighted by atomic mass is 19.4. The smallest absolute Gasteiger partial charge is 0.310 e. The van der Waals surface area contributed by atoms with Gasteiger partial charge in [-0.05, 0) is 43.5 Å². The number of piperidine rings is 1. The van der Waals surface area contributed by atoms with Crippen LogP contribution in [-0.4, -0.2) is 56.6 Å². The van der Waals surface area contributed by atoms with Crippen LogP contribution >= 0.6 is 0 Å². The molecule has 0 unspecified atom stereocenters. The third kappa shape index (κ3) is 4.59. The number of carbonyl (C=O) groups excluding carboxylic acids is 1. The first-order chi connectivity index (χ1) is 14.3. The van der Waals surface area contributed by atoms with Crippen molar-refractivity contribution in [2.75, 3.05) is 25.0 Å². The van der Waals surface area contributed by atoms with Gasteiger partial charge in [-0.3, -0.25) is 14.4 Å². The molecule has 0 bridgehead atoms. The summed E-state index contributed by atoms with van der Waals surface area (Å²) in [5.41, 5.74) is 1.63. The van der Waals surface area contributed by atoms with Gasteiger partial charge in [0, 0.05) is 24.2 Å². The number of nitrogens with zero attached hydrogens (tertiary/aromatic N) is 5. The molecule has 0 atom stereocenters. The van der Waals surface area contributed by atoms with E-state index in [0.717, 1.165) is 22.0 Å². The van der Waals surface area contributed by atoms with Crippen LogP contribution in [0.2, 0.25) is 0 Å². The van der Waals surface area contributed by atoms with Crippen molar-refractivity contribution in [2.24, 2.45) is 13.0 Å². The molecule has 10 heteroatoms. The maximum absolute atomic E-state index is 12.8. The van der Waals surface area contributed by atoms with Crippen molar-refractivity contribution in [3.05, 3.63) is 36.7 Å². The summed E-state index contributed by atoms with van der Waals surface area (Å²) in [5.74, 6) is -1.17. The maximum Gasteiger partial charge on any atom is 0.391 e. The summed E-state index contributed by atoms with van der Waals surface area (Å²) < 4.78 is 39.9. The number of halogens is 3. The molecule has 1 amide bonds. The molecule has 3 aromatic rings. The lowest BCUT2D eigenvalue weighted by Gasteiger charge is -2.32. The number of alkyl halides is 3. The number of carbonyl (C=O) groups is 1. The van der Waals surface area contributed by atoms with Gasteiger partial charge in [0.05, 0.1) is 18.7 Å². The molecule has 1 N–H and O–H groups in total. The Hall–Kier alpha value is -3.01. The molecule has 1 aliphatic rings. The second-order valence-electron chi connectivity index (χ2n) is 7.55. The van der Waals surface area contributed by atoms with Gasteiger partial charge in [0.25, 0.3) is 0 Å². The lowest BCUT2D eigenvalue weighted by Crippen LogP contribution is -2.42. The number of hydrogen-bond acceptors (Lipinski definition) is 5. The van der Waals surface area contributed by atoms with E-state index in [4.69, 9.17) is 0 Å². The number of amides is 1. The zero-order valence-electron chi connectivity index (χ0n) is 16.4. The largest absolute Gasteiger partial charge is 0.391 e. The Kier molecular flexibility index (Phi) is 5.42. The Balaban J connectivity index is 1.40. The van der Waals surface area contributed by atoms with E-state index in [9.17, 15) is 18.0 Å². The summed E-state index contributed by atoms with van der Waals surface area (Å²) >= 11 is 0. The molecule has 0 radical (unpaired) electrons. The molecule has 4 rings (SSSR count). The zero-order valence-corrected chi connectivity index (χ0v) is 16.4. The highest BCUT2D eigenvalue weighted by molar-refractivity contribution is 5.94. The summed E-state index contributed by atoms with van der Waals surface area (Å²) in [7, 11) is 1.79. The second-order valence-corrected chi connectivity index (χ2v) is 7.55. The molecule has 3 heterocycles. The van der Waals surface area contributed by atoms with Crippen molar-refractivity contribution in [1.29, 1.82) is 0 Å². The molecule has 158 valence electrons. The Bertz CT molecular complexity index is 1060. The highest BCUT2D eigenvalue weighted by Gasteiger charge is 2.41. The molecule has 1 aromatic carbocycles. The zero-order chi connectivity index (χ0) is 21.3. The third-order valence-corrected chi connectivity index (χ3v) is 5.31. The van der Waals surface area contributed by atoms with Crippen molar-refractivity contribution in [3.63, 3.8) is 0 Å². The van der Waals surface area contributed by atoms with Crippen LogP contribution in [0.15, 0.2) is 36.7 Å². The van der Waals surface area contributed by atoms with Gasteiger partial charge in [-0.25, -0.2) is 4.98 Å². The van der Waals surface area contributed by atoms with Crippen molar-refractivity contribution in [1.82, 2.24) is 24.9 Å². The SMILES string of the molecule is Cn1cc(-c2ccc3cnc(NC(=O)CN4CCC(C(F)(F)F)CC4)cc3c2)nn1. The average Bonchev–Trinajstić information content (AvgIpc) is 3.13. The molecule has 0 aliphatic carbocycles. The number of rotatable bonds is 4. The number of anilines is 1. The van der Waals surface area contributed by atoms with Crippen LogP contribution in [0, 0.1) is 5.92 Å². The van der Waals surface area contributed by atoms with Gasteiger partial charge in [-0.2, -0.15) is 13.2 Å². The summed E-state index contributed by atoms with van der Waals surface area (Å²) in [6.07, 6.45) is -0.632. The van der Waals surface area contributed by atoms with Gasteiger partial charge < -0.3 is 5.32 Å². The summed E-state index contributed by atoms with van der Waals surface area (Å²) in [4.78, 5) is 18.4. The van der Waals surface area contributed by atoms with E-state index >= 15 is 0 Å². The van der Waals surface area contributed by atoms with Gasteiger partial charge in [-0.15, -0.1) is 5.10 Å². The first kappa shape index (κ1) is 20.3.